The van der Waals surface area contributed by atoms with Crippen molar-refractivity contribution in [2.75, 3.05) is 13.2 Å². The third kappa shape index (κ3) is 5.25. The Morgan fingerprint density at radius 2 is 1.95 bits per heavy atom. The van der Waals surface area contributed by atoms with E-state index in [0.717, 1.165) is 23.6 Å². The molecule has 0 bridgehead atoms. The number of Topliss-reactive ketones (excluding diaryl/α,β-unsaturated/α-hetero) is 1. The summed E-state index contributed by atoms with van der Waals surface area (Å²) in [5.41, 5.74) is 1.53. The maximum absolute atomic E-state index is 14.8. The normalized spacial score (nSPS) is 20.9. The zero-order valence-electron chi connectivity index (χ0n) is 21.0. The molecule has 2 aromatic carbocycles. The fraction of sp³-hybridized carbons (Fsp3) is 0.379. The van der Waals surface area contributed by atoms with Crippen LogP contribution in [0.4, 0.5) is 8.78 Å². The van der Waals surface area contributed by atoms with E-state index in [1.54, 1.807) is 25.3 Å². The average Bonchev–Trinajstić information content (AvgIpc) is 3.46. The number of aliphatic hydroxyl groups is 2. The third-order valence-corrected chi connectivity index (χ3v) is 7.76. The molecule has 0 spiro atoms. The molecule has 1 saturated carbocycles. The number of rotatable bonds is 10. The van der Waals surface area contributed by atoms with Crippen molar-refractivity contribution in [2.24, 2.45) is 11.8 Å². The van der Waals surface area contributed by atoms with Crippen LogP contribution in [0.15, 0.2) is 42.6 Å². The second kappa shape index (κ2) is 10.2. The van der Waals surface area contributed by atoms with E-state index in [2.05, 4.69) is 4.98 Å². The van der Waals surface area contributed by atoms with Gasteiger partial charge in [-0.3, -0.25) is 4.79 Å². The van der Waals surface area contributed by atoms with Crippen molar-refractivity contribution < 1.29 is 33.3 Å². The number of ketones is 1. The highest BCUT2D eigenvalue weighted by Crippen LogP contribution is 2.61. The van der Waals surface area contributed by atoms with E-state index in [0.29, 0.717) is 23.1 Å². The lowest BCUT2D eigenvalue weighted by atomic mass is 10.0. The van der Waals surface area contributed by atoms with E-state index in [1.165, 1.54) is 19.1 Å². The van der Waals surface area contributed by atoms with Crippen LogP contribution in [0.5, 0.6) is 11.6 Å². The molecule has 1 aromatic heterocycles. The minimum atomic E-state index is -1.26. The number of carbonyl (C=O) groups is 1. The molecule has 5 rings (SSSR count). The van der Waals surface area contributed by atoms with Gasteiger partial charge in [0.15, 0.2) is 0 Å². The summed E-state index contributed by atoms with van der Waals surface area (Å²) in [6.07, 6.45) is 2.74. The summed E-state index contributed by atoms with van der Waals surface area (Å²) in [7, 11) is 0. The molecule has 4 atom stereocenters. The fourth-order valence-corrected chi connectivity index (χ4v) is 5.51. The molecule has 1 fully saturated rings. The lowest BCUT2D eigenvalue weighted by molar-refractivity contribution is -0.118. The molecule has 3 aromatic rings. The number of halogens is 3. The Bertz CT molecular complexity index is 1400. The highest BCUT2D eigenvalue weighted by Gasteiger charge is 2.58. The maximum Gasteiger partial charge on any atom is 0.213 e. The number of nitrogens with zero attached hydrogens (tertiary/aromatic N) is 1. The number of hydrogen-bond donors (Lipinski definition) is 2. The van der Waals surface area contributed by atoms with Crippen LogP contribution >= 0.6 is 11.6 Å². The van der Waals surface area contributed by atoms with Crippen LogP contribution in [-0.4, -0.2) is 39.8 Å². The van der Waals surface area contributed by atoms with Gasteiger partial charge in [0.05, 0.1) is 23.8 Å². The number of benzene rings is 2. The first-order chi connectivity index (χ1) is 18.1. The lowest BCUT2D eigenvalue weighted by Crippen LogP contribution is -2.31. The zero-order chi connectivity index (χ0) is 27.2. The minimum absolute atomic E-state index is 0.0952. The minimum Gasteiger partial charge on any atom is -0.493 e. The predicted molar refractivity (Wildman–Crippen MR) is 137 cm³/mol. The molecule has 1 heterocycles. The molecule has 2 aliphatic carbocycles. The van der Waals surface area contributed by atoms with Gasteiger partial charge in [-0.15, -0.1) is 0 Å². The first-order valence-electron chi connectivity index (χ1n) is 12.4. The molecule has 2 aliphatic rings. The first-order valence-corrected chi connectivity index (χ1v) is 12.8. The largest absolute Gasteiger partial charge is 0.493 e. The lowest BCUT2D eigenvalue weighted by Gasteiger charge is -2.20. The van der Waals surface area contributed by atoms with Crippen molar-refractivity contribution in [3.05, 3.63) is 75.9 Å². The van der Waals surface area contributed by atoms with Crippen LogP contribution < -0.4 is 9.47 Å². The molecule has 6 nitrogen and oxygen atoms in total. The zero-order valence-corrected chi connectivity index (χ0v) is 21.8. The van der Waals surface area contributed by atoms with Crippen LogP contribution in [0.2, 0.25) is 5.02 Å². The van der Waals surface area contributed by atoms with Gasteiger partial charge in [0.2, 0.25) is 5.88 Å². The van der Waals surface area contributed by atoms with Crippen molar-refractivity contribution in [3.8, 4) is 22.8 Å². The smallest absolute Gasteiger partial charge is 0.213 e. The average molecular weight is 544 g/mol. The Labute approximate surface area is 224 Å². The van der Waals surface area contributed by atoms with Gasteiger partial charge in [-0.2, -0.15) is 0 Å². The van der Waals surface area contributed by atoms with Crippen LogP contribution in [-0.2, 0) is 17.8 Å². The van der Waals surface area contributed by atoms with Gasteiger partial charge in [0, 0.05) is 47.4 Å². The fourth-order valence-electron chi connectivity index (χ4n) is 5.24. The van der Waals surface area contributed by atoms with Gasteiger partial charge in [-0.25, -0.2) is 13.8 Å². The molecule has 38 heavy (non-hydrogen) atoms. The van der Waals surface area contributed by atoms with Crippen molar-refractivity contribution in [1.82, 2.24) is 4.98 Å². The third-order valence-electron chi connectivity index (χ3n) is 7.44. The number of hydrogen-bond acceptors (Lipinski definition) is 6. The molecular formula is C29H28ClF2NO5. The van der Waals surface area contributed by atoms with Crippen molar-refractivity contribution in [3.63, 3.8) is 0 Å². The number of aliphatic hydroxyl groups excluding tert-OH is 1. The predicted octanol–water partition coefficient (Wildman–Crippen LogP) is 5.25. The Hall–Kier alpha value is -3.07. The standard InChI is InChI=1S/C29H28ClF2NO5/c1-15(35)27-21-7-16-9-26(33-12-22(16)28(21)27)38-13-17-8-20(25(32)11-24(17)31)19-4-3-18(10-23(19)30)37-6-5-29(2,36)14-34/h3-4,8-12,21,27-28,34,36H,5-7,13-14H2,1-2H3/t21-,27-,28+,29-/m0/s1. The summed E-state index contributed by atoms with van der Waals surface area (Å²) in [6.45, 7) is 2.72. The molecule has 200 valence electrons. The highest BCUT2D eigenvalue weighted by atomic mass is 35.5. The summed E-state index contributed by atoms with van der Waals surface area (Å²) >= 11 is 6.40. The SMILES string of the molecule is CC(=O)[C@H]1[C@@H]2Cc3cc(OCc4cc(-c5ccc(OCC[C@](C)(O)CO)cc5Cl)c(F)cc4F)ncc3[C@@H]21. The van der Waals surface area contributed by atoms with Gasteiger partial charge in [-0.1, -0.05) is 11.6 Å². The molecule has 0 amide bonds. The Kier molecular flexibility index (Phi) is 7.15. The number of fused-ring (bicyclic) bond motifs is 3. The number of ether oxygens (including phenoxy) is 2. The topological polar surface area (TPSA) is 88.9 Å². The summed E-state index contributed by atoms with van der Waals surface area (Å²) < 4.78 is 40.7. The maximum atomic E-state index is 14.8. The Morgan fingerprint density at radius 3 is 2.66 bits per heavy atom. The molecule has 0 unspecified atom stereocenters. The van der Waals surface area contributed by atoms with Crippen molar-refractivity contribution >= 4 is 17.4 Å². The van der Waals surface area contributed by atoms with Gasteiger partial charge < -0.3 is 19.7 Å². The molecule has 0 saturated heterocycles. The monoisotopic (exact) mass is 543 g/mol. The Balaban J connectivity index is 1.28. The van der Waals surface area contributed by atoms with E-state index in [1.807, 2.05) is 6.07 Å². The van der Waals surface area contributed by atoms with Gasteiger partial charge in [0.25, 0.3) is 0 Å². The van der Waals surface area contributed by atoms with Crippen LogP contribution in [0, 0.1) is 23.5 Å². The van der Waals surface area contributed by atoms with E-state index in [-0.39, 0.29) is 53.4 Å². The van der Waals surface area contributed by atoms with Crippen LogP contribution in [0.25, 0.3) is 11.1 Å². The molecule has 2 N–H and O–H groups in total. The van der Waals surface area contributed by atoms with Crippen molar-refractivity contribution in [1.29, 1.82) is 0 Å². The quantitative estimate of drug-likeness (QED) is 0.363. The molecule has 9 heteroatoms. The highest BCUT2D eigenvalue weighted by molar-refractivity contribution is 6.33. The summed E-state index contributed by atoms with van der Waals surface area (Å²) in [5, 5.41) is 19.2. The molecule has 0 aliphatic heterocycles. The summed E-state index contributed by atoms with van der Waals surface area (Å²) in [5.74, 6) is 0.135. The summed E-state index contributed by atoms with van der Waals surface area (Å²) in [4.78, 5) is 16.1. The Morgan fingerprint density at radius 1 is 1.16 bits per heavy atom. The summed E-state index contributed by atoms with van der Waals surface area (Å²) in [6, 6.07) is 8.69. The van der Waals surface area contributed by atoms with Crippen molar-refractivity contribution in [2.45, 2.75) is 44.8 Å². The second-order valence-electron chi connectivity index (χ2n) is 10.4. The molecule has 0 radical (unpaired) electrons. The van der Waals surface area contributed by atoms with Crippen LogP contribution in [0.3, 0.4) is 0 Å². The van der Waals surface area contributed by atoms with Gasteiger partial charge in [-0.05, 0) is 67.5 Å². The van der Waals surface area contributed by atoms with E-state index < -0.39 is 23.8 Å². The van der Waals surface area contributed by atoms with Gasteiger partial charge in [0.1, 0.15) is 29.8 Å². The van der Waals surface area contributed by atoms with Gasteiger partial charge >= 0.3 is 0 Å². The number of aromatic nitrogens is 1. The van der Waals surface area contributed by atoms with E-state index in [9.17, 15) is 18.7 Å². The number of carbonyl (C=O) groups excluding carboxylic acids is 1. The van der Waals surface area contributed by atoms with E-state index >= 15 is 0 Å². The first kappa shape index (κ1) is 26.5. The molecular weight excluding hydrogens is 516 g/mol. The second-order valence-corrected chi connectivity index (χ2v) is 10.8. The van der Waals surface area contributed by atoms with E-state index in [4.69, 9.17) is 26.2 Å². The van der Waals surface area contributed by atoms with Crippen LogP contribution in [0.1, 0.15) is 42.9 Å². The number of pyridine rings is 1.